The van der Waals surface area contributed by atoms with Crippen LogP contribution in [0, 0.1) is 11.3 Å². The van der Waals surface area contributed by atoms with Crippen LogP contribution in [-0.2, 0) is 19.1 Å². The Morgan fingerprint density at radius 1 is 1.18 bits per heavy atom. The molecule has 0 bridgehead atoms. The first-order valence-electron chi connectivity index (χ1n) is 7.70. The van der Waals surface area contributed by atoms with E-state index in [0.717, 1.165) is 6.42 Å². The van der Waals surface area contributed by atoms with Gasteiger partial charge in [0.15, 0.2) is 0 Å². The fourth-order valence-corrected chi connectivity index (χ4v) is 2.91. The summed E-state index contributed by atoms with van der Waals surface area (Å²) < 4.78 is 4.85. The Balaban J connectivity index is 2.88. The lowest BCUT2D eigenvalue weighted by atomic mass is 9.68. The summed E-state index contributed by atoms with van der Waals surface area (Å²) in [6.07, 6.45) is 2.19. The van der Waals surface area contributed by atoms with Gasteiger partial charge in [0.05, 0.1) is 6.61 Å². The lowest BCUT2D eigenvalue weighted by Gasteiger charge is -2.38. The van der Waals surface area contributed by atoms with Crippen molar-refractivity contribution in [2.45, 2.75) is 52.9 Å². The number of carbonyl (C=O) groups is 4. The zero-order chi connectivity index (χ0) is 16.8. The summed E-state index contributed by atoms with van der Waals surface area (Å²) in [7, 11) is 0. The first-order valence-corrected chi connectivity index (χ1v) is 7.70. The predicted octanol–water partition coefficient (Wildman–Crippen LogP) is 1.51. The normalized spacial score (nSPS) is 18.4. The third-order valence-electron chi connectivity index (χ3n) is 4.08. The van der Waals surface area contributed by atoms with Crippen molar-refractivity contribution < 1.29 is 23.9 Å². The Kier molecular flexibility index (Phi) is 6.52. The highest BCUT2D eigenvalue weighted by molar-refractivity contribution is 6.19. The molecule has 0 radical (unpaired) electrons. The number of rotatable bonds is 8. The summed E-state index contributed by atoms with van der Waals surface area (Å²) in [4.78, 5) is 47.4. The Bertz CT molecular complexity index is 441. The van der Waals surface area contributed by atoms with Crippen molar-refractivity contribution in [3.63, 3.8) is 0 Å². The standard InChI is InChI=1S/C15H24N2O5/c1-4-7-10(3)15(9-6-8-11(18)22-5-2)12(19)16-14(21)17-13(15)20/h10H,4-9H2,1-3H3,(H2,16,17,19,20,21). The smallest absolute Gasteiger partial charge is 0.328 e. The second-order valence-electron chi connectivity index (χ2n) is 5.56. The van der Waals surface area contributed by atoms with Gasteiger partial charge in [0.2, 0.25) is 11.8 Å². The molecule has 7 nitrogen and oxygen atoms in total. The van der Waals surface area contributed by atoms with Crippen LogP contribution in [0.5, 0.6) is 0 Å². The Labute approximate surface area is 130 Å². The van der Waals surface area contributed by atoms with Gasteiger partial charge >= 0.3 is 12.0 Å². The minimum absolute atomic E-state index is 0.142. The van der Waals surface area contributed by atoms with Crippen molar-refractivity contribution in [1.82, 2.24) is 10.6 Å². The second kappa shape index (κ2) is 7.91. The molecular formula is C15H24N2O5. The molecule has 0 aliphatic carbocycles. The monoisotopic (exact) mass is 312 g/mol. The van der Waals surface area contributed by atoms with Crippen LogP contribution in [0.1, 0.15) is 52.9 Å². The maximum atomic E-state index is 12.3. The van der Waals surface area contributed by atoms with Gasteiger partial charge in [-0.2, -0.15) is 0 Å². The molecule has 1 unspecified atom stereocenters. The quantitative estimate of drug-likeness (QED) is 0.522. The van der Waals surface area contributed by atoms with Gasteiger partial charge in [0.1, 0.15) is 5.41 Å². The molecule has 0 spiro atoms. The maximum absolute atomic E-state index is 12.3. The highest BCUT2D eigenvalue weighted by Crippen LogP contribution is 2.38. The minimum atomic E-state index is -1.31. The molecule has 7 heteroatoms. The molecule has 0 saturated carbocycles. The predicted molar refractivity (Wildman–Crippen MR) is 78.7 cm³/mol. The van der Waals surface area contributed by atoms with Crippen LogP contribution >= 0.6 is 0 Å². The van der Waals surface area contributed by atoms with Gasteiger partial charge in [-0.05, 0) is 32.1 Å². The first kappa shape index (κ1) is 18.1. The Morgan fingerprint density at radius 2 is 1.77 bits per heavy atom. The van der Waals surface area contributed by atoms with Gasteiger partial charge in [-0.25, -0.2) is 4.79 Å². The summed E-state index contributed by atoms with van der Waals surface area (Å²) in [6, 6.07) is -0.792. The third kappa shape index (κ3) is 3.84. The van der Waals surface area contributed by atoms with Crippen molar-refractivity contribution >= 4 is 23.8 Å². The van der Waals surface area contributed by atoms with Crippen LogP contribution in [0.4, 0.5) is 4.79 Å². The maximum Gasteiger partial charge on any atom is 0.328 e. The molecule has 1 fully saturated rings. The molecule has 0 aromatic heterocycles. The number of ether oxygens (including phenoxy) is 1. The van der Waals surface area contributed by atoms with Gasteiger partial charge in [-0.15, -0.1) is 0 Å². The summed E-state index contributed by atoms with van der Waals surface area (Å²) in [5.74, 6) is -1.74. The Morgan fingerprint density at radius 3 is 2.27 bits per heavy atom. The van der Waals surface area contributed by atoms with Gasteiger partial charge < -0.3 is 4.74 Å². The summed E-state index contributed by atoms with van der Waals surface area (Å²) in [5, 5.41) is 4.35. The van der Waals surface area contributed by atoms with Crippen molar-refractivity contribution in [2.75, 3.05) is 6.61 Å². The molecule has 124 valence electrons. The van der Waals surface area contributed by atoms with E-state index in [0.29, 0.717) is 19.4 Å². The lowest BCUT2D eigenvalue weighted by Crippen LogP contribution is -2.64. The lowest BCUT2D eigenvalue weighted by molar-refractivity contribution is -0.151. The van der Waals surface area contributed by atoms with Gasteiger partial charge in [0.25, 0.3) is 0 Å². The molecule has 22 heavy (non-hydrogen) atoms. The number of carbonyl (C=O) groups excluding carboxylic acids is 4. The van der Waals surface area contributed by atoms with E-state index in [4.69, 9.17) is 4.74 Å². The summed E-state index contributed by atoms with van der Waals surface area (Å²) >= 11 is 0. The van der Waals surface area contributed by atoms with E-state index < -0.39 is 23.3 Å². The van der Waals surface area contributed by atoms with Crippen molar-refractivity contribution in [2.24, 2.45) is 11.3 Å². The van der Waals surface area contributed by atoms with E-state index in [-0.39, 0.29) is 24.7 Å². The van der Waals surface area contributed by atoms with E-state index in [9.17, 15) is 19.2 Å². The van der Waals surface area contributed by atoms with Crippen LogP contribution < -0.4 is 10.6 Å². The number of barbiturate groups is 1. The number of urea groups is 1. The van der Waals surface area contributed by atoms with Crippen molar-refractivity contribution in [1.29, 1.82) is 0 Å². The third-order valence-corrected chi connectivity index (χ3v) is 4.08. The van der Waals surface area contributed by atoms with E-state index in [1.54, 1.807) is 6.92 Å². The average Bonchev–Trinajstić information content (AvgIpc) is 2.42. The fourth-order valence-electron chi connectivity index (χ4n) is 2.91. The van der Waals surface area contributed by atoms with Gasteiger partial charge in [-0.1, -0.05) is 20.3 Å². The van der Waals surface area contributed by atoms with E-state index >= 15 is 0 Å². The fraction of sp³-hybridized carbons (Fsp3) is 0.733. The molecule has 1 aliphatic heterocycles. The number of esters is 1. The number of hydrogen-bond acceptors (Lipinski definition) is 5. The number of nitrogens with one attached hydrogen (secondary N) is 2. The minimum Gasteiger partial charge on any atom is -0.466 e. The van der Waals surface area contributed by atoms with Crippen LogP contribution in [0.15, 0.2) is 0 Å². The molecule has 1 saturated heterocycles. The number of amides is 4. The Hall–Kier alpha value is -1.92. The zero-order valence-electron chi connectivity index (χ0n) is 13.4. The molecule has 4 amide bonds. The molecule has 1 rings (SSSR count). The average molecular weight is 312 g/mol. The molecular weight excluding hydrogens is 288 g/mol. The summed E-state index contributed by atoms with van der Waals surface area (Å²) in [6.45, 7) is 5.80. The SMILES string of the molecule is CCCC(C)C1(CCCC(=O)OCC)C(=O)NC(=O)NC1=O. The van der Waals surface area contributed by atoms with Gasteiger partial charge in [-0.3, -0.25) is 25.0 Å². The molecule has 2 N–H and O–H groups in total. The molecule has 0 aromatic rings. The molecule has 1 heterocycles. The van der Waals surface area contributed by atoms with E-state index in [1.807, 2.05) is 13.8 Å². The molecule has 1 aliphatic rings. The number of hydrogen-bond donors (Lipinski definition) is 2. The summed E-state index contributed by atoms with van der Waals surface area (Å²) in [5.41, 5.74) is -1.31. The molecule has 1 atom stereocenters. The van der Waals surface area contributed by atoms with Crippen molar-refractivity contribution in [3.8, 4) is 0 Å². The number of imide groups is 2. The van der Waals surface area contributed by atoms with Gasteiger partial charge in [0, 0.05) is 6.42 Å². The molecule has 0 aromatic carbocycles. The topological polar surface area (TPSA) is 102 Å². The largest absolute Gasteiger partial charge is 0.466 e. The highest BCUT2D eigenvalue weighted by Gasteiger charge is 2.53. The first-order chi connectivity index (χ1) is 10.4. The van der Waals surface area contributed by atoms with Crippen LogP contribution in [0.3, 0.4) is 0 Å². The van der Waals surface area contributed by atoms with E-state index in [2.05, 4.69) is 10.6 Å². The highest BCUT2D eigenvalue weighted by atomic mass is 16.5. The van der Waals surface area contributed by atoms with Crippen LogP contribution in [-0.4, -0.2) is 30.4 Å². The van der Waals surface area contributed by atoms with Crippen LogP contribution in [0.25, 0.3) is 0 Å². The van der Waals surface area contributed by atoms with Crippen LogP contribution in [0.2, 0.25) is 0 Å². The zero-order valence-corrected chi connectivity index (χ0v) is 13.4. The van der Waals surface area contributed by atoms with E-state index in [1.165, 1.54) is 0 Å². The van der Waals surface area contributed by atoms with Crippen molar-refractivity contribution in [3.05, 3.63) is 0 Å². The second-order valence-corrected chi connectivity index (χ2v) is 5.56.